The molecule has 3 aliphatic rings. The summed E-state index contributed by atoms with van der Waals surface area (Å²) in [5.41, 5.74) is 0.924. The van der Waals surface area contributed by atoms with Crippen molar-refractivity contribution in [3.63, 3.8) is 0 Å². The van der Waals surface area contributed by atoms with Crippen LogP contribution in [-0.4, -0.2) is 87.8 Å². The average molecular weight is 514 g/mol. The summed E-state index contributed by atoms with van der Waals surface area (Å²) >= 11 is 0. The SMILES string of the molecule is O=C1CC[C@H](C(=O)N2CC(Oc3cc(-n4c(C(F)F)nc5ccccc54)nc(N4CCOCC4)n3)C2)N1. The molecule has 13 heteroatoms. The lowest BCUT2D eigenvalue weighted by Gasteiger charge is -2.40. The number of anilines is 1. The predicted molar refractivity (Wildman–Crippen MR) is 127 cm³/mol. The summed E-state index contributed by atoms with van der Waals surface area (Å²) < 4.78 is 40.9. The Morgan fingerprint density at radius 1 is 1.14 bits per heavy atom. The zero-order valence-electron chi connectivity index (χ0n) is 19.8. The highest BCUT2D eigenvalue weighted by atomic mass is 19.3. The van der Waals surface area contributed by atoms with Crippen molar-refractivity contribution in [3.8, 4) is 11.7 Å². The number of nitrogens with zero attached hydrogens (tertiary/aromatic N) is 6. The number of hydrogen-bond acceptors (Lipinski definition) is 8. The minimum Gasteiger partial charge on any atom is -0.470 e. The molecule has 37 heavy (non-hydrogen) atoms. The fourth-order valence-electron chi connectivity index (χ4n) is 4.80. The zero-order valence-corrected chi connectivity index (χ0v) is 19.8. The van der Waals surface area contributed by atoms with E-state index in [4.69, 9.17) is 9.47 Å². The van der Waals surface area contributed by atoms with E-state index < -0.39 is 18.3 Å². The Kier molecular flexibility index (Phi) is 6.07. The van der Waals surface area contributed by atoms with E-state index in [1.54, 1.807) is 29.2 Å². The molecule has 1 N–H and O–H groups in total. The molecule has 3 saturated heterocycles. The molecule has 6 rings (SSSR count). The van der Waals surface area contributed by atoms with Gasteiger partial charge in [-0.3, -0.25) is 14.2 Å². The highest BCUT2D eigenvalue weighted by molar-refractivity contribution is 5.91. The summed E-state index contributed by atoms with van der Waals surface area (Å²) in [7, 11) is 0. The van der Waals surface area contributed by atoms with Crippen LogP contribution in [0.25, 0.3) is 16.9 Å². The zero-order chi connectivity index (χ0) is 25.5. The molecule has 1 atom stereocenters. The maximum atomic E-state index is 14.0. The van der Waals surface area contributed by atoms with Gasteiger partial charge in [-0.05, 0) is 18.6 Å². The van der Waals surface area contributed by atoms with Gasteiger partial charge in [0.2, 0.25) is 23.6 Å². The van der Waals surface area contributed by atoms with Crippen LogP contribution in [-0.2, 0) is 14.3 Å². The summed E-state index contributed by atoms with van der Waals surface area (Å²) in [6.45, 7) is 2.78. The average Bonchev–Trinajstić information content (AvgIpc) is 3.50. The highest BCUT2D eigenvalue weighted by Crippen LogP contribution is 2.30. The topological polar surface area (TPSA) is 115 Å². The van der Waals surface area contributed by atoms with Crippen LogP contribution >= 0.6 is 0 Å². The Hall–Kier alpha value is -3.87. The number of hydrogen-bond donors (Lipinski definition) is 1. The Labute approximate surface area is 210 Å². The second-order valence-electron chi connectivity index (χ2n) is 9.20. The molecule has 0 bridgehead atoms. The molecule has 0 saturated carbocycles. The molecule has 0 spiro atoms. The van der Waals surface area contributed by atoms with Gasteiger partial charge < -0.3 is 24.6 Å². The number of rotatable bonds is 6. The lowest BCUT2D eigenvalue weighted by Crippen LogP contribution is -2.59. The minimum absolute atomic E-state index is 0.119. The summed E-state index contributed by atoms with van der Waals surface area (Å²) in [6, 6.07) is 7.90. The van der Waals surface area contributed by atoms with Gasteiger partial charge in [-0.15, -0.1) is 0 Å². The number of ether oxygens (including phenoxy) is 2. The number of para-hydroxylation sites is 2. The summed E-state index contributed by atoms with van der Waals surface area (Å²) in [4.78, 5) is 40.9. The van der Waals surface area contributed by atoms with Crippen LogP contribution in [0.2, 0.25) is 0 Å². The number of halogens is 2. The molecule has 3 aliphatic heterocycles. The van der Waals surface area contributed by atoms with Crippen molar-refractivity contribution in [1.82, 2.24) is 29.7 Å². The van der Waals surface area contributed by atoms with Crippen molar-refractivity contribution in [2.45, 2.75) is 31.4 Å². The molecule has 2 aromatic heterocycles. The number of benzene rings is 1. The van der Waals surface area contributed by atoms with Crippen LogP contribution in [0.5, 0.6) is 5.88 Å². The molecule has 1 aromatic carbocycles. The number of carbonyl (C=O) groups excluding carboxylic acids is 2. The van der Waals surface area contributed by atoms with Crippen molar-refractivity contribution in [1.29, 1.82) is 0 Å². The number of fused-ring (bicyclic) bond motifs is 1. The van der Waals surface area contributed by atoms with Gasteiger partial charge in [0.25, 0.3) is 6.43 Å². The molecular weight excluding hydrogens is 488 g/mol. The first kappa shape index (κ1) is 23.5. The normalized spacial score (nSPS) is 20.4. The standard InChI is InChI=1S/C24H25F2N7O4/c25-21(26)22-28-15-3-1-2-4-17(15)33(22)18-11-20(30-24(29-18)31-7-9-36-10-8-31)37-14-12-32(13-14)23(35)16-5-6-19(34)27-16/h1-4,11,14,16,21H,5-10,12-13H2,(H,27,34)/t16-/m1/s1. The number of carbonyl (C=O) groups is 2. The molecule has 11 nitrogen and oxygen atoms in total. The number of likely N-dealkylation sites (tertiary alicyclic amines) is 1. The first-order valence-electron chi connectivity index (χ1n) is 12.2. The van der Waals surface area contributed by atoms with E-state index in [0.29, 0.717) is 69.2 Å². The van der Waals surface area contributed by atoms with Crippen molar-refractivity contribution >= 4 is 28.8 Å². The minimum atomic E-state index is -2.82. The van der Waals surface area contributed by atoms with E-state index in [9.17, 15) is 18.4 Å². The van der Waals surface area contributed by atoms with Gasteiger partial charge in [0, 0.05) is 25.6 Å². The van der Waals surface area contributed by atoms with Gasteiger partial charge in [-0.25, -0.2) is 13.8 Å². The maximum absolute atomic E-state index is 14.0. The Morgan fingerprint density at radius 2 is 1.92 bits per heavy atom. The predicted octanol–water partition coefficient (Wildman–Crippen LogP) is 1.46. The molecule has 3 aromatic rings. The first-order valence-corrected chi connectivity index (χ1v) is 12.2. The monoisotopic (exact) mass is 513 g/mol. The Bertz CT molecular complexity index is 1340. The number of morpholine rings is 1. The Balaban J connectivity index is 1.29. The molecule has 3 fully saturated rings. The van der Waals surface area contributed by atoms with Gasteiger partial charge in [0.1, 0.15) is 18.0 Å². The third-order valence-corrected chi connectivity index (χ3v) is 6.72. The van der Waals surface area contributed by atoms with Gasteiger partial charge in [-0.2, -0.15) is 9.97 Å². The fourth-order valence-corrected chi connectivity index (χ4v) is 4.80. The van der Waals surface area contributed by atoms with Crippen LogP contribution in [0.4, 0.5) is 14.7 Å². The summed E-state index contributed by atoms with van der Waals surface area (Å²) in [6.07, 6.45) is -2.30. The van der Waals surface area contributed by atoms with E-state index in [-0.39, 0.29) is 29.6 Å². The molecule has 0 radical (unpaired) electrons. The van der Waals surface area contributed by atoms with Crippen molar-refractivity contribution in [2.24, 2.45) is 0 Å². The second kappa shape index (κ2) is 9.54. The van der Waals surface area contributed by atoms with E-state index in [2.05, 4.69) is 20.3 Å². The van der Waals surface area contributed by atoms with Crippen LogP contribution in [0.3, 0.4) is 0 Å². The van der Waals surface area contributed by atoms with E-state index in [1.807, 2.05) is 4.90 Å². The number of amides is 2. The number of alkyl halides is 2. The van der Waals surface area contributed by atoms with Crippen LogP contribution in [0.15, 0.2) is 30.3 Å². The summed E-state index contributed by atoms with van der Waals surface area (Å²) in [5, 5.41) is 2.69. The van der Waals surface area contributed by atoms with E-state index in [0.717, 1.165) is 0 Å². The molecule has 2 amide bonds. The maximum Gasteiger partial charge on any atom is 0.296 e. The smallest absolute Gasteiger partial charge is 0.296 e. The third-order valence-electron chi connectivity index (χ3n) is 6.72. The van der Waals surface area contributed by atoms with Crippen LogP contribution < -0.4 is 15.0 Å². The number of nitrogens with one attached hydrogen (secondary N) is 1. The highest BCUT2D eigenvalue weighted by Gasteiger charge is 2.38. The largest absolute Gasteiger partial charge is 0.470 e. The Morgan fingerprint density at radius 3 is 2.65 bits per heavy atom. The van der Waals surface area contributed by atoms with Crippen molar-refractivity contribution < 1.29 is 27.8 Å². The lowest BCUT2D eigenvalue weighted by atomic mass is 10.1. The molecule has 194 valence electrons. The molecular formula is C24H25F2N7O4. The van der Waals surface area contributed by atoms with Gasteiger partial charge in [0.05, 0.1) is 37.3 Å². The van der Waals surface area contributed by atoms with E-state index in [1.165, 1.54) is 10.6 Å². The third kappa shape index (κ3) is 4.54. The molecule has 0 aliphatic carbocycles. The first-order chi connectivity index (χ1) is 18.0. The van der Waals surface area contributed by atoms with Crippen molar-refractivity contribution in [3.05, 3.63) is 36.2 Å². The van der Waals surface area contributed by atoms with Gasteiger partial charge in [0.15, 0.2) is 5.82 Å². The van der Waals surface area contributed by atoms with Crippen molar-refractivity contribution in [2.75, 3.05) is 44.3 Å². The molecule has 0 unspecified atom stereocenters. The quantitative estimate of drug-likeness (QED) is 0.527. The number of aromatic nitrogens is 4. The number of imidazole rings is 1. The lowest BCUT2D eigenvalue weighted by molar-refractivity contribution is -0.142. The fraction of sp³-hybridized carbons (Fsp3) is 0.458. The second-order valence-corrected chi connectivity index (χ2v) is 9.20. The van der Waals surface area contributed by atoms with Gasteiger partial charge >= 0.3 is 0 Å². The van der Waals surface area contributed by atoms with E-state index >= 15 is 0 Å². The van der Waals surface area contributed by atoms with Crippen LogP contribution in [0.1, 0.15) is 25.1 Å². The van der Waals surface area contributed by atoms with Gasteiger partial charge in [-0.1, -0.05) is 12.1 Å². The van der Waals surface area contributed by atoms with Crippen LogP contribution in [0, 0.1) is 0 Å². The molecule has 5 heterocycles. The summed E-state index contributed by atoms with van der Waals surface area (Å²) in [5.74, 6) is 0.111.